The molecule has 16 aromatic rings. The van der Waals surface area contributed by atoms with E-state index in [1.807, 2.05) is 206 Å². The van der Waals surface area contributed by atoms with Crippen LogP contribution in [-0.4, -0.2) is 18.3 Å². The van der Waals surface area contributed by atoms with Crippen LogP contribution in [0.15, 0.2) is 200 Å². The standard InChI is InChI=1S/C86H56F12N6/c1-44-11-18-71-64(22-44)65-23-45(2)12-19-72(65)101(71)79-36-55(53-31-57(83(87,88)89)40-58(32-53)84(90,91)92)37-80(69(79)42-99)102-73-20-13-46(3)24-66(73)67-30-51(14-21-74(67)102)29-52-35-68-63-17-10-49(6)27-77(63)104(78(68)28-50(52)7)82-39-56(54-33-59(85(93,94)95)41-60(34-54)86(96,97)98)38-81(70(82)43-100)103-75-25-47(4)8-15-61(75)62-16-9-48(5)26-76(62)103/h8-28,30-41H,29H2,1-7H3. The highest BCUT2D eigenvalue weighted by molar-refractivity contribution is 6.14. The van der Waals surface area contributed by atoms with Crippen LogP contribution in [0.4, 0.5) is 52.7 Å². The van der Waals surface area contributed by atoms with Gasteiger partial charge < -0.3 is 18.3 Å². The fourth-order valence-electron chi connectivity index (χ4n) is 15.3. The van der Waals surface area contributed by atoms with E-state index in [0.29, 0.717) is 85.6 Å². The lowest BCUT2D eigenvalue weighted by Gasteiger charge is -2.20. The Hall–Kier alpha value is -12.0. The van der Waals surface area contributed by atoms with E-state index >= 15 is 0 Å². The van der Waals surface area contributed by atoms with Crippen molar-refractivity contribution in [1.82, 2.24) is 18.3 Å². The van der Waals surface area contributed by atoms with E-state index in [-0.39, 0.29) is 68.3 Å². The maximum atomic E-state index is 14.8. The first-order chi connectivity index (χ1) is 49.3. The Kier molecular flexibility index (Phi) is 15.0. The molecule has 0 atom stereocenters. The van der Waals surface area contributed by atoms with Crippen molar-refractivity contribution in [1.29, 1.82) is 10.5 Å². The third kappa shape index (κ3) is 11.0. The molecule has 0 aliphatic heterocycles. The Morgan fingerprint density at radius 3 is 0.875 bits per heavy atom. The van der Waals surface area contributed by atoms with E-state index in [1.165, 1.54) is 24.3 Å². The minimum absolute atomic E-state index is 0.0238. The molecule has 6 nitrogen and oxygen atoms in total. The lowest BCUT2D eigenvalue weighted by Crippen LogP contribution is -2.11. The quantitative estimate of drug-likeness (QED) is 0.142. The molecule has 12 aromatic carbocycles. The van der Waals surface area contributed by atoms with Gasteiger partial charge in [-0.1, -0.05) is 77.4 Å². The molecular weight excluding hydrogens is 1340 g/mol. The van der Waals surface area contributed by atoms with Gasteiger partial charge in [-0.25, -0.2) is 0 Å². The predicted octanol–water partition coefficient (Wildman–Crippen LogP) is 25.0. The van der Waals surface area contributed by atoms with Crippen LogP contribution in [0.5, 0.6) is 0 Å². The number of nitrogens with zero attached hydrogens (tertiary/aromatic N) is 6. The molecule has 4 heterocycles. The van der Waals surface area contributed by atoms with E-state index in [0.717, 1.165) is 82.4 Å². The molecular formula is C86H56F12N6. The van der Waals surface area contributed by atoms with Crippen molar-refractivity contribution in [3.63, 3.8) is 0 Å². The first kappa shape index (κ1) is 66.5. The summed E-state index contributed by atoms with van der Waals surface area (Å²) in [7, 11) is 0. The van der Waals surface area contributed by atoms with Crippen LogP contribution >= 0.6 is 0 Å². The molecule has 0 bridgehead atoms. The summed E-state index contributed by atoms with van der Waals surface area (Å²) in [6.45, 7) is 13.4. The number of nitriles is 2. The second-order valence-electron chi connectivity index (χ2n) is 27.4. The highest BCUT2D eigenvalue weighted by Crippen LogP contribution is 2.48. The van der Waals surface area contributed by atoms with Crippen LogP contribution in [0.2, 0.25) is 0 Å². The molecule has 0 radical (unpaired) electrons. The number of fused-ring (bicyclic) bond motifs is 12. The molecule has 0 aliphatic carbocycles. The number of rotatable bonds is 8. The largest absolute Gasteiger partial charge is 0.416 e. The van der Waals surface area contributed by atoms with Crippen molar-refractivity contribution >= 4 is 87.2 Å². The minimum Gasteiger partial charge on any atom is -0.308 e. The van der Waals surface area contributed by atoms with Gasteiger partial charge in [0.2, 0.25) is 0 Å². The predicted molar refractivity (Wildman–Crippen MR) is 387 cm³/mol. The molecule has 0 spiro atoms. The average Bonchev–Trinajstić information content (AvgIpc) is 1.56. The fraction of sp³-hybridized carbons (Fsp3) is 0.140. The summed E-state index contributed by atoms with van der Waals surface area (Å²) in [5.41, 5.74) is 6.68. The van der Waals surface area contributed by atoms with Gasteiger partial charge in [0, 0.05) is 43.1 Å². The number of hydrogen-bond donors (Lipinski definition) is 0. The van der Waals surface area contributed by atoms with Crippen molar-refractivity contribution in [3.05, 3.63) is 284 Å². The summed E-state index contributed by atoms with van der Waals surface area (Å²) in [6, 6.07) is 58.2. The number of aromatic nitrogens is 4. The monoisotopic (exact) mass is 1400 g/mol. The molecule has 0 amide bonds. The van der Waals surface area contributed by atoms with Gasteiger partial charge in [-0.2, -0.15) is 63.2 Å². The first-order valence-electron chi connectivity index (χ1n) is 33.2. The van der Waals surface area contributed by atoms with Crippen molar-refractivity contribution in [2.24, 2.45) is 0 Å². The van der Waals surface area contributed by atoms with E-state index < -0.39 is 47.0 Å². The molecule has 104 heavy (non-hydrogen) atoms. The molecule has 0 N–H and O–H groups in total. The van der Waals surface area contributed by atoms with Crippen molar-refractivity contribution in [3.8, 4) is 57.1 Å². The molecule has 0 aliphatic rings. The van der Waals surface area contributed by atoms with Crippen molar-refractivity contribution in [2.75, 3.05) is 0 Å². The van der Waals surface area contributed by atoms with Crippen LogP contribution in [0, 0.1) is 71.1 Å². The van der Waals surface area contributed by atoms with Crippen LogP contribution in [-0.2, 0) is 31.1 Å². The molecule has 4 aromatic heterocycles. The Labute approximate surface area is 586 Å². The second kappa shape index (κ2) is 23.5. The Morgan fingerprint density at radius 1 is 0.269 bits per heavy atom. The van der Waals surface area contributed by atoms with Gasteiger partial charge in [0.05, 0.1) is 89.1 Å². The number of benzene rings is 12. The molecule has 0 fully saturated rings. The number of alkyl halides is 12. The topological polar surface area (TPSA) is 67.3 Å². The van der Waals surface area contributed by atoms with Gasteiger partial charge in [-0.15, -0.1) is 0 Å². The van der Waals surface area contributed by atoms with Crippen LogP contribution in [0.3, 0.4) is 0 Å². The number of halogens is 12. The van der Waals surface area contributed by atoms with E-state index in [2.05, 4.69) is 12.1 Å². The molecule has 514 valence electrons. The summed E-state index contributed by atoms with van der Waals surface area (Å²) < 4.78 is 185. The average molecular weight is 1400 g/mol. The third-order valence-corrected chi connectivity index (χ3v) is 20.1. The zero-order valence-electron chi connectivity index (χ0n) is 56.5. The lowest BCUT2D eigenvalue weighted by molar-refractivity contribution is -0.144. The van der Waals surface area contributed by atoms with E-state index in [1.54, 1.807) is 0 Å². The zero-order chi connectivity index (χ0) is 73.3. The van der Waals surface area contributed by atoms with Crippen LogP contribution in [0.1, 0.15) is 83.5 Å². The number of aryl methyl sites for hydroxylation is 7. The molecule has 0 unspecified atom stereocenters. The summed E-state index contributed by atoms with van der Waals surface area (Å²) in [6.07, 6.45) is -20.4. The second-order valence-corrected chi connectivity index (χ2v) is 27.4. The molecule has 16 rings (SSSR count). The highest BCUT2D eigenvalue weighted by Gasteiger charge is 2.40. The summed E-state index contributed by atoms with van der Waals surface area (Å²) in [5.74, 6) is 0. The smallest absolute Gasteiger partial charge is 0.308 e. The maximum absolute atomic E-state index is 14.8. The zero-order valence-corrected chi connectivity index (χ0v) is 56.5. The lowest BCUT2D eigenvalue weighted by atomic mass is 9.95. The van der Waals surface area contributed by atoms with Gasteiger partial charge in [0.25, 0.3) is 0 Å². The highest BCUT2D eigenvalue weighted by atomic mass is 19.4. The van der Waals surface area contributed by atoms with Crippen LogP contribution < -0.4 is 0 Å². The van der Waals surface area contributed by atoms with Gasteiger partial charge in [0.1, 0.15) is 23.3 Å². The van der Waals surface area contributed by atoms with E-state index in [4.69, 9.17) is 0 Å². The summed E-state index contributed by atoms with van der Waals surface area (Å²) in [4.78, 5) is 0. The van der Waals surface area contributed by atoms with Gasteiger partial charge in [-0.3, -0.25) is 0 Å². The Balaban J connectivity index is 0.907. The SMILES string of the molecule is Cc1ccc2c(c1)c1cc(C)ccc1n2-c1cc(-c2cc(C(F)(F)F)cc(C(F)(F)F)c2)cc(-n2c3ccc(C)cc3c3cc(Cc4cc5c6ccc(C)cc6n(-c6cc(-c7cc(C(F)(F)F)cc(C(F)(F)F)c7)cc(-n7c8cc(C)ccc8c8ccc(C)cc87)c6C#N)c5cc4C)ccc32)c1C#N. The minimum atomic E-state index is -5.17. The maximum Gasteiger partial charge on any atom is 0.416 e. The van der Waals surface area contributed by atoms with Gasteiger partial charge in [0.15, 0.2) is 0 Å². The molecule has 18 heteroatoms. The van der Waals surface area contributed by atoms with E-state index in [9.17, 15) is 63.2 Å². The fourth-order valence-corrected chi connectivity index (χ4v) is 15.3. The van der Waals surface area contributed by atoms with Crippen molar-refractivity contribution < 1.29 is 52.7 Å². The number of hydrogen-bond acceptors (Lipinski definition) is 2. The van der Waals surface area contributed by atoms with Gasteiger partial charge >= 0.3 is 24.7 Å². The Bertz CT molecular complexity index is 6320. The normalized spacial score (nSPS) is 12.6. The van der Waals surface area contributed by atoms with Crippen molar-refractivity contribution in [2.45, 2.75) is 79.6 Å². The van der Waals surface area contributed by atoms with Crippen LogP contribution in [0.25, 0.3) is 132 Å². The molecule has 0 saturated carbocycles. The third-order valence-electron chi connectivity index (χ3n) is 20.1. The summed E-state index contributed by atoms with van der Waals surface area (Å²) >= 11 is 0. The summed E-state index contributed by atoms with van der Waals surface area (Å²) in [5, 5.41) is 29.5. The Morgan fingerprint density at radius 2 is 0.538 bits per heavy atom. The molecule has 0 saturated heterocycles. The van der Waals surface area contributed by atoms with Gasteiger partial charge in [-0.05, 0) is 250 Å². The first-order valence-corrected chi connectivity index (χ1v) is 33.2.